The molecule has 0 bridgehead atoms. The van der Waals surface area contributed by atoms with Gasteiger partial charge < -0.3 is 14.8 Å². The number of aromatic nitrogens is 2. The van der Waals surface area contributed by atoms with Crippen LogP contribution < -0.4 is 14.8 Å². The Balaban J connectivity index is 1.62. The minimum Gasteiger partial charge on any atom is -0.495 e. The van der Waals surface area contributed by atoms with Crippen molar-refractivity contribution in [2.24, 2.45) is 0 Å². The van der Waals surface area contributed by atoms with Gasteiger partial charge in [0.1, 0.15) is 29.6 Å². The second kappa shape index (κ2) is 10.4. The second-order valence-electron chi connectivity index (χ2n) is 7.39. The number of rotatable bonds is 8. The molecule has 1 N–H and O–H groups in total. The number of halogens is 3. The molecule has 0 aliphatic rings. The highest BCUT2D eigenvalue weighted by molar-refractivity contribution is 6.31. The number of nitrogens with zero attached hydrogens (tertiary/aromatic N) is 2. The highest BCUT2D eigenvalue weighted by Gasteiger charge is 2.20. The first-order valence-corrected chi connectivity index (χ1v) is 10.6. The molecule has 0 radical (unpaired) electrons. The Labute approximate surface area is 199 Å². The first-order valence-electron chi connectivity index (χ1n) is 10.3. The molecule has 0 saturated carbocycles. The average molecular weight is 484 g/mol. The van der Waals surface area contributed by atoms with Crippen molar-refractivity contribution in [2.45, 2.75) is 13.2 Å². The normalized spacial score (nSPS) is 10.7. The van der Waals surface area contributed by atoms with Crippen LogP contribution in [0.25, 0.3) is 0 Å². The van der Waals surface area contributed by atoms with Gasteiger partial charge in [-0.15, -0.1) is 5.10 Å². The lowest BCUT2D eigenvalue weighted by molar-refractivity contribution is 0.102. The van der Waals surface area contributed by atoms with Gasteiger partial charge in [-0.2, -0.15) is 0 Å². The van der Waals surface area contributed by atoms with Gasteiger partial charge in [0.15, 0.2) is 0 Å². The Morgan fingerprint density at radius 1 is 1.03 bits per heavy atom. The Bertz CT molecular complexity index is 1330. The number of ether oxygens (including phenoxy) is 2. The number of methoxy groups -OCH3 is 1. The van der Waals surface area contributed by atoms with Crippen LogP contribution in [0.15, 0.2) is 72.9 Å². The van der Waals surface area contributed by atoms with Crippen LogP contribution in [-0.4, -0.2) is 22.8 Å². The summed E-state index contributed by atoms with van der Waals surface area (Å²) in [4.78, 5) is 13.1. The molecule has 1 aromatic heterocycles. The van der Waals surface area contributed by atoms with Crippen molar-refractivity contribution >= 4 is 23.2 Å². The van der Waals surface area contributed by atoms with E-state index in [0.717, 1.165) is 0 Å². The van der Waals surface area contributed by atoms with Gasteiger partial charge in [0.25, 0.3) is 5.91 Å². The SMILES string of the molecule is COc1ccc(Cl)cc1NC(=O)c1cn(Cc2cccc(F)c2)nc1OCc1cccc(F)c1. The van der Waals surface area contributed by atoms with Crippen LogP contribution in [-0.2, 0) is 13.2 Å². The minimum absolute atomic E-state index is 0.00446. The molecule has 4 aromatic rings. The minimum atomic E-state index is -0.514. The third-order valence-electron chi connectivity index (χ3n) is 4.88. The lowest BCUT2D eigenvalue weighted by Crippen LogP contribution is -2.13. The Morgan fingerprint density at radius 2 is 1.74 bits per heavy atom. The molecule has 3 aromatic carbocycles. The van der Waals surface area contributed by atoms with Gasteiger partial charge in [0.2, 0.25) is 5.88 Å². The van der Waals surface area contributed by atoms with Crippen LogP contribution in [0, 0.1) is 11.6 Å². The van der Waals surface area contributed by atoms with Crippen LogP contribution in [0.2, 0.25) is 5.02 Å². The van der Waals surface area contributed by atoms with Crippen LogP contribution in [0.4, 0.5) is 14.5 Å². The highest BCUT2D eigenvalue weighted by Crippen LogP contribution is 2.29. The molecule has 1 amide bonds. The maximum Gasteiger partial charge on any atom is 0.262 e. The number of hydrogen-bond donors (Lipinski definition) is 1. The van der Waals surface area contributed by atoms with Crippen LogP contribution >= 0.6 is 11.6 Å². The molecule has 0 fully saturated rings. The van der Waals surface area contributed by atoms with Gasteiger partial charge in [0, 0.05) is 11.2 Å². The van der Waals surface area contributed by atoms with E-state index < -0.39 is 11.7 Å². The van der Waals surface area contributed by atoms with Crippen molar-refractivity contribution < 1.29 is 23.0 Å². The lowest BCUT2D eigenvalue weighted by Gasteiger charge is -2.11. The van der Waals surface area contributed by atoms with Crippen molar-refractivity contribution in [2.75, 3.05) is 12.4 Å². The molecule has 0 saturated heterocycles. The number of anilines is 1. The molecule has 0 unspecified atom stereocenters. The molecular formula is C25H20ClF2N3O3. The third kappa shape index (κ3) is 5.71. The fraction of sp³-hybridized carbons (Fsp3) is 0.120. The van der Waals surface area contributed by atoms with Gasteiger partial charge in [0.05, 0.1) is 19.3 Å². The molecule has 174 valence electrons. The zero-order valence-corrected chi connectivity index (χ0v) is 18.9. The predicted molar refractivity (Wildman–Crippen MR) is 124 cm³/mol. The zero-order valence-electron chi connectivity index (χ0n) is 18.1. The molecule has 1 heterocycles. The van der Waals surface area contributed by atoms with Crippen molar-refractivity contribution in [3.8, 4) is 11.6 Å². The standard InChI is InChI=1S/C25H20ClF2N3O3/c1-33-23-9-8-18(26)12-22(23)29-24(32)21-14-31(13-16-4-2-6-19(27)10-16)30-25(21)34-15-17-5-3-7-20(28)11-17/h2-12,14H,13,15H2,1H3,(H,29,32). The summed E-state index contributed by atoms with van der Waals surface area (Å²) in [5, 5.41) is 7.52. The number of nitrogens with one attached hydrogen (secondary N) is 1. The van der Waals surface area contributed by atoms with Crippen LogP contribution in [0.3, 0.4) is 0 Å². The fourth-order valence-electron chi connectivity index (χ4n) is 3.32. The maximum atomic E-state index is 13.6. The average Bonchev–Trinajstić information content (AvgIpc) is 3.20. The Hall–Kier alpha value is -3.91. The fourth-order valence-corrected chi connectivity index (χ4v) is 3.49. The van der Waals surface area contributed by atoms with E-state index in [9.17, 15) is 13.6 Å². The molecule has 6 nitrogen and oxygen atoms in total. The van der Waals surface area contributed by atoms with E-state index in [2.05, 4.69) is 10.4 Å². The molecule has 4 rings (SSSR count). The number of carbonyl (C=O) groups is 1. The summed E-state index contributed by atoms with van der Waals surface area (Å²) in [6.07, 6.45) is 1.50. The van der Waals surface area contributed by atoms with Gasteiger partial charge in [-0.3, -0.25) is 9.48 Å². The summed E-state index contributed by atoms with van der Waals surface area (Å²) >= 11 is 6.06. The zero-order chi connectivity index (χ0) is 24.1. The summed E-state index contributed by atoms with van der Waals surface area (Å²) in [7, 11) is 1.48. The van der Waals surface area contributed by atoms with E-state index in [1.165, 1.54) is 42.3 Å². The van der Waals surface area contributed by atoms with E-state index in [-0.39, 0.29) is 30.4 Å². The molecular weight excluding hydrogens is 464 g/mol. The van der Waals surface area contributed by atoms with E-state index in [1.807, 2.05) is 0 Å². The maximum absolute atomic E-state index is 13.6. The number of benzene rings is 3. The predicted octanol–water partition coefficient (Wildman–Crippen LogP) is 5.70. The topological polar surface area (TPSA) is 65.4 Å². The quantitative estimate of drug-likeness (QED) is 0.349. The highest BCUT2D eigenvalue weighted by atomic mass is 35.5. The van der Waals surface area contributed by atoms with E-state index >= 15 is 0 Å². The Morgan fingerprint density at radius 3 is 2.44 bits per heavy atom. The van der Waals surface area contributed by atoms with Crippen molar-refractivity contribution in [1.82, 2.24) is 9.78 Å². The number of carbonyl (C=O) groups excluding carboxylic acids is 1. The van der Waals surface area contributed by atoms with Crippen LogP contribution in [0.5, 0.6) is 11.6 Å². The first-order chi connectivity index (χ1) is 16.4. The summed E-state index contributed by atoms with van der Waals surface area (Å²) in [5.41, 5.74) is 1.73. The first kappa shape index (κ1) is 23.3. The summed E-state index contributed by atoms with van der Waals surface area (Å²) in [6, 6.07) is 16.8. The van der Waals surface area contributed by atoms with Gasteiger partial charge in [-0.1, -0.05) is 35.9 Å². The summed E-state index contributed by atoms with van der Waals surface area (Å²) in [6.45, 7) is 0.206. The third-order valence-corrected chi connectivity index (χ3v) is 5.12. The molecule has 0 atom stereocenters. The monoisotopic (exact) mass is 483 g/mol. The molecule has 34 heavy (non-hydrogen) atoms. The molecule has 0 spiro atoms. The van der Waals surface area contributed by atoms with Crippen LogP contribution in [0.1, 0.15) is 21.5 Å². The van der Waals surface area contributed by atoms with Crippen molar-refractivity contribution in [3.63, 3.8) is 0 Å². The van der Waals surface area contributed by atoms with E-state index in [4.69, 9.17) is 21.1 Å². The molecule has 9 heteroatoms. The Kier molecular flexibility index (Phi) is 7.08. The molecule has 0 aliphatic carbocycles. The largest absolute Gasteiger partial charge is 0.495 e. The lowest BCUT2D eigenvalue weighted by atomic mass is 10.2. The van der Waals surface area contributed by atoms with Gasteiger partial charge in [-0.25, -0.2) is 8.78 Å². The van der Waals surface area contributed by atoms with Gasteiger partial charge in [-0.05, 0) is 53.6 Å². The smallest absolute Gasteiger partial charge is 0.262 e. The summed E-state index contributed by atoms with van der Waals surface area (Å²) in [5.74, 6) is -0.825. The van der Waals surface area contributed by atoms with E-state index in [1.54, 1.807) is 42.5 Å². The number of hydrogen-bond acceptors (Lipinski definition) is 4. The van der Waals surface area contributed by atoms with Gasteiger partial charge >= 0.3 is 0 Å². The summed E-state index contributed by atoms with van der Waals surface area (Å²) < 4.78 is 39.7. The number of amides is 1. The van der Waals surface area contributed by atoms with E-state index in [0.29, 0.717) is 27.6 Å². The van der Waals surface area contributed by atoms with Crippen molar-refractivity contribution in [1.29, 1.82) is 0 Å². The van der Waals surface area contributed by atoms with Crippen molar-refractivity contribution in [3.05, 3.63) is 106 Å². The second-order valence-corrected chi connectivity index (χ2v) is 7.83. The molecule has 0 aliphatic heterocycles.